The zero-order valence-electron chi connectivity index (χ0n) is 22.4. The number of nitrogen functional groups attached to an aromatic ring is 1. The molecular weight excluding hydrogens is 506 g/mol. The summed E-state index contributed by atoms with van der Waals surface area (Å²) in [7, 11) is 3.95. The molecule has 3 aromatic heterocycles. The van der Waals surface area contributed by atoms with E-state index in [1.54, 1.807) is 36.5 Å². The van der Waals surface area contributed by atoms with Crippen LogP contribution in [0.3, 0.4) is 0 Å². The number of rotatable bonds is 7. The topological polar surface area (TPSA) is 135 Å². The Morgan fingerprint density at radius 1 is 1.07 bits per heavy atom. The van der Waals surface area contributed by atoms with Crippen LogP contribution in [0.2, 0.25) is 0 Å². The van der Waals surface area contributed by atoms with Gasteiger partial charge in [-0.1, -0.05) is 24.3 Å². The molecule has 1 aromatic carbocycles. The molecule has 2 bridgehead atoms. The fourth-order valence-electron chi connectivity index (χ4n) is 5.80. The van der Waals surface area contributed by atoms with Crippen molar-refractivity contribution in [2.45, 2.75) is 24.9 Å². The number of hydrogen-bond donors (Lipinski definition) is 2. The highest BCUT2D eigenvalue weighted by atomic mass is 16.2. The SMILES string of the molecule is CN(C)C/C=C/C(=O)N1CC2CC1C(n1nc(-c3ccc(C(=O)Nc4ccccn4)cc3)c3c(N)ncnc31)C2. The van der Waals surface area contributed by atoms with Gasteiger partial charge in [0.25, 0.3) is 5.91 Å². The number of hydrogen-bond acceptors (Lipinski definition) is 8. The summed E-state index contributed by atoms with van der Waals surface area (Å²) in [5, 5.41) is 8.46. The van der Waals surface area contributed by atoms with Gasteiger partial charge in [0.2, 0.25) is 5.91 Å². The van der Waals surface area contributed by atoms with Gasteiger partial charge in [-0.25, -0.2) is 19.6 Å². The molecule has 1 aliphatic heterocycles. The molecule has 3 N–H and O–H groups in total. The molecule has 1 saturated heterocycles. The summed E-state index contributed by atoms with van der Waals surface area (Å²) in [6, 6.07) is 12.5. The number of likely N-dealkylation sites (tertiary alicyclic amines) is 1. The first-order valence-corrected chi connectivity index (χ1v) is 13.3. The van der Waals surface area contributed by atoms with E-state index in [1.807, 2.05) is 52.9 Å². The summed E-state index contributed by atoms with van der Waals surface area (Å²) in [4.78, 5) is 42.7. The summed E-state index contributed by atoms with van der Waals surface area (Å²) in [5.41, 5.74) is 8.93. The lowest BCUT2D eigenvalue weighted by Gasteiger charge is -2.32. The number of nitrogens with zero attached hydrogens (tertiary/aromatic N) is 7. The van der Waals surface area contributed by atoms with Crippen molar-refractivity contribution in [2.24, 2.45) is 5.92 Å². The number of nitrogens with two attached hydrogens (primary N) is 1. The maximum atomic E-state index is 13.0. The number of aromatic nitrogens is 5. The highest BCUT2D eigenvalue weighted by molar-refractivity contribution is 6.04. The molecule has 204 valence electrons. The highest BCUT2D eigenvalue weighted by Crippen LogP contribution is 2.46. The molecule has 4 heterocycles. The second-order valence-electron chi connectivity index (χ2n) is 10.6. The smallest absolute Gasteiger partial charge is 0.256 e. The Morgan fingerprint density at radius 2 is 1.88 bits per heavy atom. The van der Waals surface area contributed by atoms with Gasteiger partial charge in [-0.05, 0) is 57.1 Å². The number of piperidine rings is 1. The van der Waals surface area contributed by atoms with Crippen LogP contribution in [-0.2, 0) is 4.79 Å². The second-order valence-corrected chi connectivity index (χ2v) is 10.6. The maximum absolute atomic E-state index is 13.0. The zero-order valence-corrected chi connectivity index (χ0v) is 22.4. The van der Waals surface area contributed by atoms with Gasteiger partial charge in [0.15, 0.2) is 5.65 Å². The average Bonchev–Trinajstić information content (AvgIpc) is 3.67. The Morgan fingerprint density at radius 3 is 2.60 bits per heavy atom. The van der Waals surface area contributed by atoms with Crippen molar-refractivity contribution in [1.82, 2.24) is 34.5 Å². The summed E-state index contributed by atoms with van der Waals surface area (Å²) >= 11 is 0. The number of nitrogens with one attached hydrogen (secondary N) is 1. The first kappa shape index (κ1) is 25.6. The zero-order chi connectivity index (χ0) is 27.8. The monoisotopic (exact) mass is 537 g/mol. The third-order valence-electron chi connectivity index (χ3n) is 7.62. The molecule has 4 aromatic rings. The lowest BCUT2D eigenvalue weighted by molar-refractivity contribution is -0.128. The molecule has 11 nitrogen and oxygen atoms in total. The van der Waals surface area contributed by atoms with Crippen LogP contribution in [0.5, 0.6) is 0 Å². The summed E-state index contributed by atoms with van der Waals surface area (Å²) in [6.45, 7) is 1.47. The van der Waals surface area contributed by atoms with Crippen LogP contribution in [0.15, 0.2) is 67.1 Å². The average molecular weight is 538 g/mol. The van der Waals surface area contributed by atoms with E-state index in [0.29, 0.717) is 46.4 Å². The van der Waals surface area contributed by atoms with E-state index in [1.165, 1.54) is 6.33 Å². The van der Waals surface area contributed by atoms with Gasteiger partial charge >= 0.3 is 0 Å². The summed E-state index contributed by atoms with van der Waals surface area (Å²) in [5.74, 6) is 1.02. The predicted octanol–water partition coefficient (Wildman–Crippen LogP) is 3.00. The summed E-state index contributed by atoms with van der Waals surface area (Å²) < 4.78 is 1.93. The Kier molecular flexibility index (Phi) is 6.72. The summed E-state index contributed by atoms with van der Waals surface area (Å²) in [6.07, 6.45) is 8.51. The van der Waals surface area contributed by atoms with Crippen LogP contribution < -0.4 is 11.1 Å². The van der Waals surface area contributed by atoms with E-state index >= 15 is 0 Å². The molecule has 6 rings (SSSR count). The van der Waals surface area contributed by atoms with Gasteiger partial charge in [-0.2, -0.15) is 5.10 Å². The molecule has 3 unspecified atom stereocenters. The molecule has 1 aliphatic carbocycles. The van der Waals surface area contributed by atoms with E-state index < -0.39 is 0 Å². The third-order valence-corrected chi connectivity index (χ3v) is 7.62. The number of carbonyl (C=O) groups is 2. The van der Waals surface area contributed by atoms with Crippen molar-refractivity contribution in [2.75, 3.05) is 38.2 Å². The third kappa shape index (κ3) is 4.79. The standard InChI is InChI=1S/C29H31N9O2/c1-36(2)13-5-7-24(39)37-16-18-14-21(37)22(15-18)38-28-25(27(30)32-17-33-28)26(35-38)19-8-10-20(11-9-19)29(40)34-23-6-3-4-12-31-23/h3-12,17-18,21-22H,13-16H2,1-2H3,(H2,30,32,33)(H,31,34,40)/b7-5+. The molecule has 1 saturated carbocycles. The number of pyridine rings is 1. The van der Waals surface area contributed by atoms with Crippen LogP contribution in [-0.4, -0.2) is 79.6 Å². The van der Waals surface area contributed by atoms with Gasteiger partial charge in [0, 0.05) is 36.5 Å². The van der Waals surface area contributed by atoms with Crippen LogP contribution in [0.25, 0.3) is 22.3 Å². The fraction of sp³-hybridized carbons (Fsp3) is 0.310. The quantitative estimate of drug-likeness (QED) is 0.344. The number of benzene rings is 1. The van der Waals surface area contributed by atoms with E-state index in [0.717, 1.165) is 24.9 Å². The lowest BCUT2D eigenvalue weighted by Crippen LogP contribution is -2.42. The van der Waals surface area contributed by atoms with Gasteiger partial charge in [0.05, 0.1) is 17.5 Å². The minimum absolute atomic E-state index is 0.0149. The highest BCUT2D eigenvalue weighted by Gasteiger charge is 2.48. The van der Waals surface area contributed by atoms with Crippen molar-refractivity contribution >= 4 is 34.5 Å². The molecule has 0 radical (unpaired) electrons. The lowest BCUT2D eigenvalue weighted by atomic mass is 10.1. The molecule has 2 amide bonds. The molecular formula is C29H31N9O2. The molecule has 0 spiro atoms. The number of anilines is 2. The molecule has 11 heteroatoms. The molecule has 3 atom stereocenters. The van der Waals surface area contributed by atoms with Crippen molar-refractivity contribution in [3.05, 3.63) is 72.7 Å². The van der Waals surface area contributed by atoms with Crippen LogP contribution >= 0.6 is 0 Å². The van der Waals surface area contributed by atoms with Crippen molar-refractivity contribution in [1.29, 1.82) is 0 Å². The van der Waals surface area contributed by atoms with E-state index in [9.17, 15) is 9.59 Å². The van der Waals surface area contributed by atoms with Crippen molar-refractivity contribution in [3.63, 3.8) is 0 Å². The van der Waals surface area contributed by atoms with E-state index in [4.69, 9.17) is 10.8 Å². The maximum Gasteiger partial charge on any atom is 0.256 e. The van der Waals surface area contributed by atoms with Gasteiger partial charge in [0.1, 0.15) is 23.7 Å². The largest absolute Gasteiger partial charge is 0.383 e. The first-order chi connectivity index (χ1) is 19.4. The van der Waals surface area contributed by atoms with Gasteiger partial charge < -0.3 is 20.9 Å². The number of likely N-dealkylation sites (N-methyl/N-ethyl adjacent to an activating group) is 1. The minimum atomic E-state index is -0.255. The fourth-order valence-corrected chi connectivity index (χ4v) is 5.80. The Balaban J connectivity index is 1.29. The van der Waals surface area contributed by atoms with Gasteiger partial charge in [-0.3, -0.25) is 9.59 Å². The van der Waals surface area contributed by atoms with Crippen LogP contribution in [0.1, 0.15) is 29.2 Å². The first-order valence-electron chi connectivity index (χ1n) is 13.3. The second kappa shape index (κ2) is 10.5. The Labute approximate surface area is 231 Å². The van der Waals surface area contributed by atoms with E-state index in [-0.39, 0.29) is 23.9 Å². The number of amides is 2. The van der Waals surface area contributed by atoms with Crippen molar-refractivity contribution in [3.8, 4) is 11.3 Å². The number of fused-ring (bicyclic) bond motifs is 3. The molecule has 40 heavy (non-hydrogen) atoms. The predicted molar refractivity (Wildman–Crippen MR) is 152 cm³/mol. The Bertz CT molecular complexity index is 1580. The molecule has 2 aliphatic rings. The number of carbonyl (C=O) groups excluding carboxylic acids is 2. The Hall–Kier alpha value is -4.64. The minimum Gasteiger partial charge on any atom is -0.383 e. The molecule has 2 fully saturated rings. The van der Waals surface area contributed by atoms with E-state index in [2.05, 4.69) is 20.3 Å². The van der Waals surface area contributed by atoms with Crippen LogP contribution in [0.4, 0.5) is 11.6 Å². The van der Waals surface area contributed by atoms with Crippen LogP contribution in [0, 0.1) is 5.92 Å². The van der Waals surface area contributed by atoms with Crippen molar-refractivity contribution < 1.29 is 9.59 Å². The van der Waals surface area contributed by atoms with Gasteiger partial charge in [-0.15, -0.1) is 0 Å². The normalized spacial score (nSPS) is 20.2.